The number of ether oxygens (including phenoxy) is 4. The van der Waals surface area contributed by atoms with E-state index in [9.17, 15) is 0 Å². The molecule has 0 aliphatic rings. The average molecular weight is 411 g/mol. The van der Waals surface area contributed by atoms with Crippen molar-refractivity contribution in [1.82, 2.24) is 10.2 Å². The van der Waals surface area contributed by atoms with Crippen LogP contribution in [0, 0.1) is 0 Å². The molecule has 27 heavy (non-hydrogen) atoms. The van der Waals surface area contributed by atoms with Gasteiger partial charge in [-0.15, -0.1) is 10.2 Å². The first kappa shape index (κ1) is 19.1. The lowest BCUT2D eigenvalue weighted by Crippen LogP contribution is -1.96. The maximum atomic E-state index is 5.95. The highest BCUT2D eigenvalue weighted by molar-refractivity contribution is 6.34. The van der Waals surface area contributed by atoms with Gasteiger partial charge in [0.05, 0.1) is 21.3 Å². The van der Waals surface area contributed by atoms with Gasteiger partial charge >= 0.3 is 0 Å². The van der Waals surface area contributed by atoms with Gasteiger partial charge in [-0.3, -0.25) is 0 Å². The molecule has 3 rings (SSSR count). The second-order valence-corrected chi connectivity index (χ2v) is 6.18. The summed E-state index contributed by atoms with van der Waals surface area (Å²) in [5.74, 6) is 2.52. The Bertz CT molecular complexity index is 900. The molecule has 0 atom stereocenters. The summed E-state index contributed by atoms with van der Waals surface area (Å²) in [5, 5.41) is 8.97. The smallest absolute Gasteiger partial charge is 0.254 e. The highest BCUT2D eigenvalue weighted by Crippen LogP contribution is 2.40. The molecule has 0 saturated heterocycles. The van der Waals surface area contributed by atoms with E-state index in [4.69, 9.17) is 46.6 Å². The quantitative estimate of drug-likeness (QED) is 0.560. The van der Waals surface area contributed by atoms with Gasteiger partial charge in [-0.25, -0.2) is 0 Å². The molecule has 0 fully saturated rings. The molecule has 0 aliphatic carbocycles. The Morgan fingerprint density at radius 3 is 2.04 bits per heavy atom. The van der Waals surface area contributed by atoms with E-state index in [0.29, 0.717) is 38.6 Å². The summed E-state index contributed by atoms with van der Waals surface area (Å²) >= 11 is 11.9. The van der Waals surface area contributed by atoms with Gasteiger partial charge in [-0.1, -0.05) is 23.2 Å². The summed E-state index contributed by atoms with van der Waals surface area (Å²) in [4.78, 5) is 0. The minimum absolute atomic E-state index is 0.0636. The molecule has 0 N–H and O–H groups in total. The third-order valence-corrected chi connectivity index (χ3v) is 4.01. The molecule has 0 amide bonds. The number of benzene rings is 2. The van der Waals surface area contributed by atoms with Crippen molar-refractivity contribution in [3.05, 3.63) is 46.3 Å². The summed E-state index contributed by atoms with van der Waals surface area (Å²) in [6, 6.07) is 8.34. The van der Waals surface area contributed by atoms with Crippen LogP contribution >= 0.6 is 23.2 Å². The normalized spacial score (nSPS) is 10.6. The summed E-state index contributed by atoms with van der Waals surface area (Å²) in [6.07, 6.45) is 0. The van der Waals surface area contributed by atoms with Gasteiger partial charge in [0.15, 0.2) is 18.1 Å². The van der Waals surface area contributed by atoms with Crippen LogP contribution in [0.1, 0.15) is 5.89 Å². The first-order valence-corrected chi connectivity index (χ1v) is 8.51. The van der Waals surface area contributed by atoms with Crippen molar-refractivity contribution in [2.45, 2.75) is 6.61 Å². The van der Waals surface area contributed by atoms with E-state index in [1.165, 1.54) is 21.3 Å². The Balaban J connectivity index is 1.81. The van der Waals surface area contributed by atoms with Gasteiger partial charge in [-0.2, -0.15) is 0 Å². The molecule has 1 heterocycles. The van der Waals surface area contributed by atoms with Crippen molar-refractivity contribution in [2.75, 3.05) is 21.3 Å². The number of methoxy groups -OCH3 is 3. The van der Waals surface area contributed by atoms with Crippen LogP contribution in [0.15, 0.2) is 34.7 Å². The van der Waals surface area contributed by atoms with Gasteiger partial charge in [-0.05, 0) is 30.3 Å². The number of aromatic nitrogens is 2. The molecule has 0 radical (unpaired) electrons. The lowest BCUT2D eigenvalue weighted by atomic mass is 10.2. The minimum atomic E-state index is 0.0636. The van der Waals surface area contributed by atoms with Crippen molar-refractivity contribution in [3.8, 4) is 34.5 Å². The summed E-state index contributed by atoms with van der Waals surface area (Å²) < 4.78 is 27.2. The van der Waals surface area contributed by atoms with Gasteiger partial charge in [0, 0.05) is 15.6 Å². The fraction of sp³-hybridized carbons (Fsp3) is 0.222. The number of hydrogen-bond donors (Lipinski definition) is 0. The first-order valence-electron chi connectivity index (χ1n) is 7.75. The first-order chi connectivity index (χ1) is 13.0. The Morgan fingerprint density at radius 2 is 1.48 bits per heavy atom. The topological polar surface area (TPSA) is 75.8 Å². The number of halogens is 2. The van der Waals surface area contributed by atoms with E-state index >= 15 is 0 Å². The van der Waals surface area contributed by atoms with E-state index in [1.54, 1.807) is 30.3 Å². The molecule has 0 bridgehead atoms. The average Bonchev–Trinajstić information content (AvgIpc) is 3.13. The van der Waals surface area contributed by atoms with Crippen LogP contribution in [0.3, 0.4) is 0 Å². The molecular weight excluding hydrogens is 395 g/mol. The lowest BCUT2D eigenvalue weighted by Gasteiger charge is -2.12. The number of nitrogens with zero attached hydrogens (tertiary/aromatic N) is 2. The largest absolute Gasteiger partial charge is 0.493 e. The van der Waals surface area contributed by atoms with Crippen LogP contribution in [0.5, 0.6) is 23.0 Å². The summed E-state index contributed by atoms with van der Waals surface area (Å²) in [6.45, 7) is 0.0636. The third kappa shape index (κ3) is 4.37. The van der Waals surface area contributed by atoms with Gasteiger partial charge < -0.3 is 23.4 Å². The number of hydrogen-bond acceptors (Lipinski definition) is 7. The zero-order chi connectivity index (χ0) is 19.4. The van der Waals surface area contributed by atoms with Crippen molar-refractivity contribution >= 4 is 23.2 Å². The van der Waals surface area contributed by atoms with Crippen LogP contribution in [-0.2, 0) is 6.61 Å². The molecule has 2 aromatic carbocycles. The lowest BCUT2D eigenvalue weighted by molar-refractivity contribution is 0.264. The van der Waals surface area contributed by atoms with Crippen LogP contribution < -0.4 is 18.9 Å². The van der Waals surface area contributed by atoms with Crippen LogP contribution in [0.4, 0.5) is 0 Å². The molecule has 0 saturated carbocycles. The molecule has 7 nitrogen and oxygen atoms in total. The molecule has 142 valence electrons. The van der Waals surface area contributed by atoms with E-state index in [-0.39, 0.29) is 18.4 Å². The Hall–Kier alpha value is -2.64. The van der Waals surface area contributed by atoms with Crippen LogP contribution in [0.25, 0.3) is 11.5 Å². The molecule has 0 unspecified atom stereocenters. The predicted octanol–water partition coefficient (Wildman–Crippen LogP) is 4.65. The Morgan fingerprint density at radius 1 is 0.852 bits per heavy atom. The van der Waals surface area contributed by atoms with Crippen LogP contribution in [0.2, 0.25) is 10.0 Å². The van der Waals surface area contributed by atoms with Gasteiger partial charge in [0.1, 0.15) is 5.75 Å². The van der Waals surface area contributed by atoms with E-state index in [1.807, 2.05) is 0 Å². The molecule has 1 aromatic heterocycles. The fourth-order valence-corrected chi connectivity index (χ4v) is 2.90. The minimum Gasteiger partial charge on any atom is -0.493 e. The second kappa shape index (κ2) is 8.37. The monoisotopic (exact) mass is 410 g/mol. The highest BCUT2D eigenvalue weighted by Gasteiger charge is 2.17. The van der Waals surface area contributed by atoms with E-state index in [2.05, 4.69) is 10.2 Å². The SMILES string of the molecule is COc1cc(-c2nnc(COc3cc(Cl)cc(Cl)c3)o2)cc(OC)c1OC. The van der Waals surface area contributed by atoms with Gasteiger partial charge in [0.25, 0.3) is 5.89 Å². The molecule has 9 heteroatoms. The Kier molecular flexibility index (Phi) is 5.93. The van der Waals surface area contributed by atoms with Crippen molar-refractivity contribution < 1.29 is 23.4 Å². The fourth-order valence-electron chi connectivity index (χ4n) is 2.39. The van der Waals surface area contributed by atoms with E-state index < -0.39 is 0 Å². The predicted molar refractivity (Wildman–Crippen MR) is 100 cm³/mol. The van der Waals surface area contributed by atoms with Crippen LogP contribution in [-0.4, -0.2) is 31.5 Å². The molecule has 3 aromatic rings. The zero-order valence-electron chi connectivity index (χ0n) is 14.8. The highest BCUT2D eigenvalue weighted by atomic mass is 35.5. The Labute approximate surface area is 165 Å². The molecular formula is C18H16Cl2N2O5. The molecule has 0 spiro atoms. The van der Waals surface area contributed by atoms with Crippen molar-refractivity contribution in [1.29, 1.82) is 0 Å². The summed E-state index contributed by atoms with van der Waals surface area (Å²) in [7, 11) is 4.60. The third-order valence-electron chi connectivity index (χ3n) is 3.58. The summed E-state index contributed by atoms with van der Waals surface area (Å²) in [5.41, 5.74) is 0.619. The van der Waals surface area contributed by atoms with Gasteiger partial charge in [0.2, 0.25) is 11.6 Å². The standard InChI is InChI=1S/C18H16Cl2N2O5/c1-23-14-4-10(5-15(24-2)17(14)25-3)18-22-21-16(27-18)9-26-13-7-11(19)6-12(20)8-13/h4-8H,9H2,1-3H3. The maximum absolute atomic E-state index is 5.95. The van der Waals surface area contributed by atoms with Crippen molar-refractivity contribution in [2.24, 2.45) is 0 Å². The number of rotatable bonds is 7. The maximum Gasteiger partial charge on any atom is 0.254 e. The zero-order valence-corrected chi connectivity index (χ0v) is 16.3. The van der Waals surface area contributed by atoms with E-state index in [0.717, 1.165) is 0 Å². The van der Waals surface area contributed by atoms with Crippen molar-refractivity contribution in [3.63, 3.8) is 0 Å². The molecule has 0 aliphatic heterocycles. The second-order valence-electron chi connectivity index (χ2n) is 5.31.